The van der Waals surface area contributed by atoms with E-state index in [1.807, 2.05) is 24.3 Å². The van der Waals surface area contributed by atoms with Gasteiger partial charge in [0.25, 0.3) is 0 Å². The summed E-state index contributed by atoms with van der Waals surface area (Å²) < 4.78 is 0. The number of hydrogen-bond donors (Lipinski definition) is 4. The third-order valence-corrected chi connectivity index (χ3v) is 3.80. The van der Waals surface area contributed by atoms with Gasteiger partial charge in [-0.25, -0.2) is 9.97 Å². The zero-order chi connectivity index (χ0) is 17.1. The van der Waals surface area contributed by atoms with Crippen LogP contribution in [-0.2, 0) is 0 Å². The fraction of sp³-hybridized carbons (Fsp3) is 0.176. The molecule has 6 nitrogen and oxygen atoms in total. The van der Waals surface area contributed by atoms with Gasteiger partial charge >= 0.3 is 0 Å². The summed E-state index contributed by atoms with van der Waals surface area (Å²) >= 11 is 6.02. The Balaban J connectivity index is 2.11. The topological polar surface area (TPSA) is 104 Å². The summed E-state index contributed by atoms with van der Waals surface area (Å²) in [6, 6.07) is 11.8. The van der Waals surface area contributed by atoms with Gasteiger partial charge in [0.05, 0.1) is 17.7 Å². The molecule has 24 heavy (non-hydrogen) atoms. The zero-order valence-corrected chi connectivity index (χ0v) is 13.5. The average molecular weight is 345 g/mol. The van der Waals surface area contributed by atoms with Crippen molar-refractivity contribution >= 4 is 28.3 Å². The van der Waals surface area contributed by atoms with Crippen LogP contribution in [0.4, 0.5) is 5.82 Å². The lowest BCUT2D eigenvalue weighted by atomic mass is 10.1. The number of fused-ring (bicyclic) bond motifs is 1. The highest BCUT2D eigenvalue weighted by Crippen LogP contribution is 2.32. The summed E-state index contributed by atoms with van der Waals surface area (Å²) in [5.74, 6) is 0.986. The molecule has 5 N–H and O–H groups in total. The number of aromatic hydroxyl groups is 1. The Labute approximate surface area is 143 Å². The van der Waals surface area contributed by atoms with Crippen molar-refractivity contribution in [2.45, 2.75) is 6.04 Å². The molecule has 0 aliphatic heterocycles. The molecule has 1 aromatic heterocycles. The molecule has 0 amide bonds. The van der Waals surface area contributed by atoms with Crippen molar-refractivity contribution < 1.29 is 10.2 Å². The van der Waals surface area contributed by atoms with E-state index in [0.29, 0.717) is 28.8 Å². The van der Waals surface area contributed by atoms with Gasteiger partial charge in [0.2, 0.25) is 0 Å². The number of benzene rings is 2. The van der Waals surface area contributed by atoms with Gasteiger partial charge in [0.1, 0.15) is 11.6 Å². The first-order chi connectivity index (χ1) is 11.6. The summed E-state index contributed by atoms with van der Waals surface area (Å²) in [4.78, 5) is 9.01. The minimum atomic E-state index is -0.401. The molecule has 3 rings (SSSR count). The van der Waals surface area contributed by atoms with E-state index in [1.165, 1.54) is 6.07 Å². The van der Waals surface area contributed by atoms with Crippen molar-refractivity contribution in [1.29, 1.82) is 0 Å². The number of aliphatic hydroxyl groups is 1. The van der Waals surface area contributed by atoms with Crippen LogP contribution in [-0.4, -0.2) is 39.4 Å². The van der Waals surface area contributed by atoms with Crippen molar-refractivity contribution in [2.24, 2.45) is 5.73 Å². The molecule has 1 atom stereocenters. The van der Waals surface area contributed by atoms with Gasteiger partial charge in [-0.1, -0.05) is 23.7 Å². The molecule has 0 radical (unpaired) electrons. The fourth-order valence-corrected chi connectivity index (χ4v) is 2.48. The van der Waals surface area contributed by atoms with Crippen molar-refractivity contribution in [2.75, 3.05) is 18.5 Å². The van der Waals surface area contributed by atoms with Gasteiger partial charge in [-0.15, -0.1) is 0 Å². The number of nitrogens with one attached hydrogen (secondary N) is 1. The summed E-state index contributed by atoms with van der Waals surface area (Å²) in [6.45, 7) is 0.233. The Morgan fingerprint density at radius 3 is 2.75 bits per heavy atom. The summed E-state index contributed by atoms with van der Waals surface area (Å²) in [5.41, 5.74) is 6.92. The van der Waals surface area contributed by atoms with Crippen LogP contribution in [0.3, 0.4) is 0 Å². The number of aromatic nitrogens is 2. The predicted octanol–water partition coefficient (Wildman–Crippen LogP) is 2.39. The minimum absolute atomic E-state index is 0.0488. The lowest BCUT2D eigenvalue weighted by molar-refractivity contribution is 0.270. The molecule has 0 saturated heterocycles. The number of rotatable bonds is 5. The molecule has 0 spiro atoms. The average Bonchev–Trinajstić information content (AvgIpc) is 2.61. The van der Waals surface area contributed by atoms with Crippen molar-refractivity contribution in [3.63, 3.8) is 0 Å². The normalized spacial score (nSPS) is 12.3. The Kier molecular flexibility index (Phi) is 4.80. The molecule has 0 fully saturated rings. The van der Waals surface area contributed by atoms with Crippen LogP contribution in [0.5, 0.6) is 5.75 Å². The maximum absolute atomic E-state index is 10.1. The number of aliphatic hydroxyl groups excluding tert-OH is 1. The zero-order valence-electron chi connectivity index (χ0n) is 12.8. The van der Waals surface area contributed by atoms with Crippen molar-refractivity contribution in [3.05, 3.63) is 47.5 Å². The maximum atomic E-state index is 10.1. The highest BCUT2D eigenvalue weighted by atomic mass is 35.5. The van der Waals surface area contributed by atoms with Crippen molar-refractivity contribution in [3.8, 4) is 17.1 Å². The van der Waals surface area contributed by atoms with Gasteiger partial charge in [-0.05, 0) is 30.3 Å². The quantitative estimate of drug-likeness (QED) is 0.566. The number of nitrogens with two attached hydrogens (primary N) is 1. The molecule has 0 saturated carbocycles. The molecule has 2 aromatic carbocycles. The molecule has 0 aliphatic rings. The van der Waals surface area contributed by atoms with Crippen LogP contribution >= 0.6 is 11.6 Å². The van der Waals surface area contributed by atoms with Gasteiger partial charge < -0.3 is 21.3 Å². The van der Waals surface area contributed by atoms with Crippen LogP contribution in [0.25, 0.3) is 22.3 Å². The number of hydrogen-bond acceptors (Lipinski definition) is 6. The predicted molar refractivity (Wildman–Crippen MR) is 95.2 cm³/mol. The van der Waals surface area contributed by atoms with Gasteiger partial charge in [-0.2, -0.15) is 0 Å². The molecule has 3 aromatic rings. The highest BCUT2D eigenvalue weighted by molar-refractivity contribution is 6.30. The number of phenolic OH excluding ortho intramolecular Hbond substituents is 1. The Morgan fingerprint density at radius 2 is 1.96 bits per heavy atom. The van der Waals surface area contributed by atoms with Gasteiger partial charge in [0.15, 0.2) is 5.82 Å². The highest BCUT2D eigenvalue weighted by Gasteiger charge is 2.13. The number of halogens is 1. The van der Waals surface area contributed by atoms with Gasteiger partial charge in [-0.3, -0.25) is 0 Å². The first-order valence-electron chi connectivity index (χ1n) is 7.44. The van der Waals surface area contributed by atoms with E-state index in [1.54, 1.807) is 12.1 Å². The van der Waals surface area contributed by atoms with Crippen LogP contribution in [0.1, 0.15) is 0 Å². The fourth-order valence-electron chi connectivity index (χ4n) is 2.31. The minimum Gasteiger partial charge on any atom is -0.507 e. The molecule has 0 bridgehead atoms. The standard InChI is InChI=1S/C17H17ClN4O2/c18-10-5-6-15(24)13(7-10)17-21-14-4-2-1-3-12(14)16(22-17)20-8-11(19)9-23/h1-7,11,23-24H,8-9,19H2,(H,20,21,22). The maximum Gasteiger partial charge on any atom is 0.165 e. The van der Waals surface area contributed by atoms with E-state index in [2.05, 4.69) is 15.3 Å². The largest absolute Gasteiger partial charge is 0.507 e. The van der Waals surface area contributed by atoms with Gasteiger partial charge in [0, 0.05) is 23.0 Å². The number of phenols is 1. The summed E-state index contributed by atoms with van der Waals surface area (Å²) in [5, 5.41) is 23.6. The number of anilines is 1. The first-order valence-corrected chi connectivity index (χ1v) is 7.82. The summed E-state index contributed by atoms with van der Waals surface area (Å²) in [6.07, 6.45) is 0. The lowest BCUT2D eigenvalue weighted by Gasteiger charge is -2.14. The van der Waals surface area contributed by atoms with E-state index in [4.69, 9.17) is 22.4 Å². The number of nitrogens with zero attached hydrogens (tertiary/aromatic N) is 2. The Morgan fingerprint density at radius 1 is 1.17 bits per heavy atom. The van der Waals surface area contributed by atoms with E-state index >= 15 is 0 Å². The smallest absolute Gasteiger partial charge is 0.165 e. The van der Waals surface area contributed by atoms with E-state index in [-0.39, 0.29) is 12.4 Å². The molecule has 0 aliphatic carbocycles. The summed E-state index contributed by atoms with van der Waals surface area (Å²) in [7, 11) is 0. The second-order valence-electron chi connectivity index (χ2n) is 5.40. The van der Waals surface area contributed by atoms with Crippen LogP contribution < -0.4 is 11.1 Å². The molecule has 124 valence electrons. The van der Waals surface area contributed by atoms with Crippen molar-refractivity contribution in [1.82, 2.24) is 9.97 Å². The second-order valence-corrected chi connectivity index (χ2v) is 5.83. The van der Waals surface area contributed by atoms with E-state index in [9.17, 15) is 5.11 Å². The number of para-hydroxylation sites is 1. The first kappa shape index (κ1) is 16.4. The third-order valence-electron chi connectivity index (χ3n) is 3.57. The molecular formula is C17H17ClN4O2. The van der Waals surface area contributed by atoms with E-state index < -0.39 is 6.04 Å². The third kappa shape index (κ3) is 3.41. The molecule has 1 heterocycles. The Bertz CT molecular complexity index is 872. The van der Waals surface area contributed by atoms with Crippen LogP contribution in [0.15, 0.2) is 42.5 Å². The van der Waals surface area contributed by atoms with Crippen LogP contribution in [0.2, 0.25) is 5.02 Å². The Hall–Kier alpha value is -2.41. The van der Waals surface area contributed by atoms with Crippen LogP contribution in [0, 0.1) is 0 Å². The second kappa shape index (κ2) is 7.00. The van der Waals surface area contributed by atoms with E-state index in [0.717, 1.165) is 10.9 Å². The molecule has 1 unspecified atom stereocenters. The molecular weight excluding hydrogens is 328 g/mol. The lowest BCUT2D eigenvalue weighted by Crippen LogP contribution is -2.32. The monoisotopic (exact) mass is 344 g/mol. The SMILES string of the molecule is NC(CO)CNc1nc(-c2cc(Cl)ccc2O)nc2ccccc12. The molecule has 7 heteroatoms.